The molecule has 298 valence electrons. The molecular weight excluding hydrogens is 777 g/mol. The average molecular weight is 815 g/mol. The Morgan fingerprint density at radius 1 is 0.234 bits per heavy atom. The van der Waals surface area contributed by atoms with Crippen LogP contribution in [0.4, 0.5) is 0 Å². The summed E-state index contributed by atoms with van der Waals surface area (Å²) >= 11 is 0. The predicted molar refractivity (Wildman–Crippen MR) is 266 cm³/mol. The Kier molecular flexibility index (Phi) is 9.12. The van der Waals surface area contributed by atoms with E-state index in [0.29, 0.717) is 5.82 Å². The minimum atomic E-state index is 0.679. The SMILES string of the molecule is c1ccc(-c2ccc(-c3cc(-c4ccc(-c5ccccc5)cc4)nc(-c4ccc5cc(-c6c7ccccc7nc7c6ccc6ccc(-c8ccccc8)nc67)ccc5c4)n3)cc2)cc1. The first kappa shape index (κ1) is 37.2. The third-order valence-corrected chi connectivity index (χ3v) is 12.3. The summed E-state index contributed by atoms with van der Waals surface area (Å²) in [6.07, 6.45) is 0. The van der Waals surface area contributed by atoms with E-state index in [2.05, 4.69) is 212 Å². The summed E-state index contributed by atoms with van der Waals surface area (Å²) in [4.78, 5) is 20.9. The molecule has 0 radical (unpaired) electrons. The molecule has 3 aromatic heterocycles. The van der Waals surface area contributed by atoms with Crippen molar-refractivity contribution in [2.45, 2.75) is 0 Å². The van der Waals surface area contributed by atoms with Gasteiger partial charge in [0.1, 0.15) is 0 Å². The molecule has 64 heavy (non-hydrogen) atoms. The summed E-state index contributed by atoms with van der Waals surface area (Å²) in [6, 6.07) is 81.1. The molecule has 0 saturated carbocycles. The van der Waals surface area contributed by atoms with Gasteiger partial charge >= 0.3 is 0 Å². The van der Waals surface area contributed by atoms with E-state index in [-0.39, 0.29) is 0 Å². The van der Waals surface area contributed by atoms with Crippen molar-refractivity contribution in [2.75, 3.05) is 0 Å². The molecule has 0 N–H and O–H groups in total. The minimum Gasteiger partial charge on any atom is -0.245 e. The summed E-state index contributed by atoms with van der Waals surface area (Å²) in [5.74, 6) is 0.679. The zero-order chi connectivity index (χ0) is 42.4. The molecule has 0 bridgehead atoms. The van der Waals surface area contributed by atoms with Gasteiger partial charge in [0.25, 0.3) is 0 Å². The fourth-order valence-electron chi connectivity index (χ4n) is 8.96. The molecule has 0 amide bonds. The molecule has 4 heteroatoms. The lowest BCUT2D eigenvalue weighted by Crippen LogP contribution is -1.96. The predicted octanol–water partition coefficient (Wildman–Crippen LogP) is 15.5. The summed E-state index contributed by atoms with van der Waals surface area (Å²) in [5, 5.41) is 5.49. The lowest BCUT2D eigenvalue weighted by Gasteiger charge is -2.14. The van der Waals surface area contributed by atoms with E-state index in [9.17, 15) is 0 Å². The van der Waals surface area contributed by atoms with Crippen LogP contribution in [0, 0.1) is 0 Å². The molecule has 0 atom stereocenters. The number of aromatic nitrogens is 4. The smallest absolute Gasteiger partial charge is 0.160 e. The monoisotopic (exact) mass is 814 g/mol. The molecule has 12 rings (SSSR count). The van der Waals surface area contributed by atoms with E-state index in [4.69, 9.17) is 19.9 Å². The van der Waals surface area contributed by atoms with Crippen molar-refractivity contribution in [3.05, 3.63) is 231 Å². The molecule has 0 saturated heterocycles. The number of benzene rings is 9. The van der Waals surface area contributed by atoms with Crippen LogP contribution in [0.2, 0.25) is 0 Å². The van der Waals surface area contributed by atoms with Gasteiger partial charge in [0.15, 0.2) is 5.82 Å². The van der Waals surface area contributed by atoms with Gasteiger partial charge in [0.05, 0.1) is 33.6 Å². The van der Waals surface area contributed by atoms with Gasteiger partial charge in [0.2, 0.25) is 0 Å². The van der Waals surface area contributed by atoms with Crippen LogP contribution in [0.1, 0.15) is 0 Å². The van der Waals surface area contributed by atoms with E-state index in [1.165, 1.54) is 22.3 Å². The highest BCUT2D eigenvalue weighted by atomic mass is 14.9. The highest BCUT2D eigenvalue weighted by molar-refractivity contribution is 6.16. The van der Waals surface area contributed by atoms with Crippen molar-refractivity contribution in [2.24, 2.45) is 0 Å². The van der Waals surface area contributed by atoms with Crippen molar-refractivity contribution >= 4 is 43.5 Å². The number of pyridine rings is 2. The topological polar surface area (TPSA) is 51.6 Å². The Morgan fingerprint density at radius 3 is 1.31 bits per heavy atom. The van der Waals surface area contributed by atoms with Crippen LogP contribution in [0.3, 0.4) is 0 Å². The largest absolute Gasteiger partial charge is 0.245 e. The van der Waals surface area contributed by atoms with Crippen LogP contribution in [-0.2, 0) is 0 Å². The van der Waals surface area contributed by atoms with Crippen LogP contribution < -0.4 is 0 Å². The van der Waals surface area contributed by atoms with Gasteiger partial charge in [-0.05, 0) is 68.9 Å². The molecule has 12 aromatic rings. The van der Waals surface area contributed by atoms with Crippen LogP contribution >= 0.6 is 0 Å². The fourth-order valence-corrected chi connectivity index (χ4v) is 8.96. The number of fused-ring (bicyclic) bond motifs is 5. The molecule has 0 aliphatic carbocycles. The van der Waals surface area contributed by atoms with E-state index >= 15 is 0 Å². The number of hydrogen-bond donors (Lipinski definition) is 0. The van der Waals surface area contributed by atoms with E-state index in [1.807, 2.05) is 18.2 Å². The third-order valence-electron chi connectivity index (χ3n) is 12.3. The summed E-state index contributed by atoms with van der Waals surface area (Å²) in [6.45, 7) is 0. The van der Waals surface area contributed by atoms with Crippen LogP contribution in [-0.4, -0.2) is 19.9 Å². The van der Waals surface area contributed by atoms with Crippen molar-refractivity contribution in [3.8, 4) is 78.5 Å². The second-order valence-corrected chi connectivity index (χ2v) is 16.2. The molecule has 0 aliphatic heterocycles. The normalized spacial score (nSPS) is 11.4. The Balaban J connectivity index is 0.962. The highest BCUT2D eigenvalue weighted by Gasteiger charge is 2.17. The zero-order valence-electron chi connectivity index (χ0n) is 34.7. The molecule has 3 heterocycles. The zero-order valence-corrected chi connectivity index (χ0v) is 34.7. The molecule has 0 fully saturated rings. The van der Waals surface area contributed by atoms with Gasteiger partial charge in [-0.3, -0.25) is 0 Å². The van der Waals surface area contributed by atoms with Crippen LogP contribution in [0.25, 0.3) is 122 Å². The molecule has 9 aromatic carbocycles. The first-order valence-electron chi connectivity index (χ1n) is 21.6. The Labute approximate surface area is 370 Å². The van der Waals surface area contributed by atoms with Crippen LogP contribution in [0.15, 0.2) is 231 Å². The van der Waals surface area contributed by atoms with Crippen molar-refractivity contribution in [3.63, 3.8) is 0 Å². The molecule has 0 unspecified atom stereocenters. The number of nitrogens with zero attached hydrogens (tertiary/aromatic N) is 4. The van der Waals surface area contributed by atoms with Crippen molar-refractivity contribution in [1.82, 2.24) is 19.9 Å². The van der Waals surface area contributed by atoms with Crippen LogP contribution in [0.5, 0.6) is 0 Å². The van der Waals surface area contributed by atoms with Crippen molar-refractivity contribution < 1.29 is 0 Å². The fraction of sp³-hybridized carbons (Fsp3) is 0. The number of rotatable bonds is 7. The van der Waals surface area contributed by atoms with Gasteiger partial charge in [-0.15, -0.1) is 0 Å². The number of para-hydroxylation sites is 1. The van der Waals surface area contributed by atoms with Gasteiger partial charge in [-0.1, -0.05) is 200 Å². The van der Waals surface area contributed by atoms with Gasteiger partial charge in [0, 0.05) is 44.0 Å². The van der Waals surface area contributed by atoms with Gasteiger partial charge in [-0.2, -0.15) is 0 Å². The maximum atomic E-state index is 5.25. The minimum absolute atomic E-state index is 0.679. The molecule has 0 spiro atoms. The van der Waals surface area contributed by atoms with E-state index in [0.717, 1.165) is 93.9 Å². The first-order chi connectivity index (χ1) is 31.7. The second-order valence-electron chi connectivity index (χ2n) is 16.2. The third kappa shape index (κ3) is 6.84. The maximum absolute atomic E-state index is 5.25. The Hall–Kier alpha value is -8.60. The maximum Gasteiger partial charge on any atom is 0.160 e. The lowest BCUT2D eigenvalue weighted by molar-refractivity contribution is 1.18. The standard InChI is InChI=1S/C60H38N4/c1-4-12-39(13-5-1)41-20-24-44(25-21-41)55-38-56(45-26-22-42(23-27-45)40-14-6-2-7-15-40)64-60(63-55)50-31-29-47-36-49(30-28-48(47)37-50)57-51-18-10-11-19-54(51)62-59-52(57)34-32-46-33-35-53(61-58(46)59)43-16-8-3-9-17-43/h1-38H. The average Bonchev–Trinajstić information content (AvgIpc) is 3.38. The number of hydrogen-bond acceptors (Lipinski definition) is 4. The summed E-state index contributed by atoms with van der Waals surface area (Å²) in [7, 11) is 0. The lowest BCUT2D eigenvalue weighted by atomic mass is 9.93. The quantitative estimate of drug-likeness (QED) is 0.119. The summed E-state index contributed by atoms with van der Waals surface area (Å²) in [5.41, 5.74) is 16.5. The molecule has 0 aliphatic rings. The molecular formula is C60H38N4. The second kappa shape index (κ2) is 15.7. The van der Waals surface area contributed by atoms with Gasteiger partial charge in [-0.25, -0.2) is 19.9 Å². The Bertz CT molecular complexity index is 3580. The highest BCUT2D eigenvalue weighted by Crippen LogP contribution is 2.40. The molecule has 4 nitrogen and oxygen atoms in total. The van der Waals surface area contributed by atoms with E-state index in [1.54, 1.807) is 0 Å². The first-order valence-corrected chi connectivity index (χ1v) is 21.6. The Morgan fingerprint density at radius 2 is 0.688 bits per heavy atom. The van der Waals surface area contributed by atoms with E-state index < -0.39 is 0 Å². The van der Waals surface area contributed by atoms with Gasteiger partial charge < -0.3 is 0 Å². The van der Waals surface area contributed by atoms with Crippen molar-refractivity contribution in [1.29, 1.82) is 0 Å². The summed E-state index contributed by atoms with van der Waals surface area (Å²) < 4.78 is 0.